The van der Waals surface area contributed by atoms with E-state index in [9.17, 15) is 4.39 Å². The molecule has 0 unspecified atom stereocenters. The van der Waals surface area contributed by atoms with E-state index in [0.717, 1.165) is 37.2 Å². The van der Waals surface area contributed by atoms with Gasteiger partial charge in [0.15, 0.2) is 11.6 Å². The lowest BCUT2D eigenvalue weighted by Crippen LogP contribution is -2.33. The normalized spacial score (nSPS) is 18.5. The predicted molar refractivity (Wildman–Crippen MR) is 85.2 cm³/mol. The molecule has 1 aromatic carbocycles. The fourth-order valence-corrected chi connectivity index (χ4v) is 3.12. The quantitative estimate of drug-likeness (QED) is 0.912. The molecule has 0 saturated carbocycles. The summed E-state index contributed by atoms with van der Waals surface area (Å²) in [6.45, 7) is 1.98. The second kappa shape index (κ2) is 7.51. The summed E-state index contributed by atoms with van der Waals surface area (Å²) >= 11 is 0. The van der Waals surface area contributed by atoms with E-state index < -0.39 is 5.82 Å². The number of hydrogen-bond acceptors (Lipinski definition) is 5. The molecule has 0 spiro atoms. The van der Waals surface area contributed by atoms with Crippen molar-refractivity contribution >= 4 is 0 Å². The number of benzene rings is 1. The molecule has 2 heterocycles. The summed E-state index contributed by atoms with van der Waals surface area (Å²) in [5, 5.41) is 16.2. The van der Waals surface area contributed by atoms with E-state index in [1.54, 1.807) is 19.2 Å². The van der Waals surface area contributed by atoms with E-state index in [0.29, 0.717) is 19.0 Å². The Morgan fingerprint density at radius 2 is 2.33 bits per heavy atom. The third-order valence-electron chi connectivity index (χ3n) is 4.28. The second-order valence-corrected chi connectivity index (χ2v) is 5.98. The van der Waals surface area contributed by atoms with Crippen molar-refractivity contribution in [2.75, 3.05) is 13.7 Å². The summed E-state index contributed by atoms with van der Waals surface area (Å²) in [6.07, 6.45) is 3.22. The number of piperidine rings is 1. The molecule has 1 aliphatic rings. The van der Waals surface area contributed by atoms with Crippen molar-refractivity contribution in [1.29, 1.82) is 5.26 Å². The maximum absolute atomic E-state index is 13.5. The summed E-state index contributed by atoms with van der Waals surface area (Å²) in [4.78, 5) is 6.81. The van der Waals surface area contributed by atoms with Gasteiger partial charge in [0.05, 0.1) is 11.6 Å². The smallest absolute Gasteiger partial charge is 0.167 e. The molecule has 1 aliphatic heterocycles. The number of ether oxygens (including phenoxy) is 1. The molecule has 24 heavy (non-hydrogen) atoms. The maximum Gasteiger partial charge on any atom is 0.167 e. The Kier molecular flexibility index (Phi) is 5.18. The Hall–Kier alpha value is -2.30. The van der Waals surface area contributed by atoms with Crippen molar-refractivity contribution in [3.63, 3.8) is 0 Å². The number of H-pyrrole nitrogens is 1. The molecule has 1 fully saturated rings. The van der Waals surface area contributed by atoms with E-state index in [4.69, 9.17) is 10.00 Å². The van der Waals surface area contributed by atoms with Gasteiger partial charge < -0.3 is 4.74 Å². The Morgan fingerprint density at radius 3 is 3.12 bits per heavy atom. The van der Waals surface area contributed by atoms with Crippen molar-refractivity contribution in [3.8, 4) is 6.07 Å². The number of nitriles is 1. The minimum absolute atomic E-state index is 0.0846. The number of nitrogens with zero attached hydrogens (tertiary/aromatic N) is 4. The van der Waals surface area contributed by atoms with Crippen LogP contribution in [0.1, 0.15) is 48.1 Å². The Bertz CT molecular complexity index is 739. The number of halogens is 1. The highest BCUT2D eigenvalue weighted by atomic mass is 19.1. The third-order valence-corrected chi connectivity index (χ3v) is 4.28. The van der Waals surface area contributed by atoms with Gasteiger partial charge in [-0.2, -0.15) is 10.4 Å². The van der Waals surface area contributed by atoms with E-state index in [2.05, 4.69) is 20.1 Å². The average Bonchev–Trinajstić information content (AvgIpc) is 3.06. The molecule has 1 atom stereocenters. The highest BCUT2D eigenvalue weighted by molar-refractivity contribution is 5.34. The van der Waals surface area contributed by atoms with Crippen LogP contribution >= 0.6 is 0 Å². The van der Waals surface area contributed by atoms with Gasteiger partial charge in [0, 0.05) is 13.7 Å². The lowest BCUT2D eigenvalue weighted by atomic mass is 10.00. The van der Waals surface area contributed by atoms with Gasteiger partial charge >= 0.3 is 0 Å². The van der Waals surface area contributed by atoms with Gasteiger partial charge in [0.25, 0.3) is 0 Å². The van der Waals surface area contributed by atoms with Gasteiger partial charge in [-0.25, -0.2) is 9.37 Å². The van der Waals surface area contributed by atoms with Crippen LogP contribution in [0.5, 0.6) is 0 Å². The van der Waals surface area contributed by atoms with Crippen LogP contribution < -0.4 is 0 Å². The van der Waals surface area contributed by atoms with Gasteiger partial charge in [0.2, 0.25) is 0 Å². The van der Waals surface area contributed by atoms with Crippen LogP contribution in [0, 0.1) is 17.1 Å². The molecule has 126 valence electrons. The SMILES string of the molecule is COCc1nc([C@@H]2CCCCN2Cc2ccc(F)c(C#N)c2)n[nH]1. The van der Waals surface area contributed by atoms with Crippen LogP contribution in [0.25, 0.3) is 0 Å². The van der Waals surface area contributed by atoms with Crippen LogP contribution in [0.3, 0.4) is 0 Å². The van der Waals surface area contributed by atoms with Crippen molar-refractivity contribution in [1.82, 2.24) is 20.1 Å². The molecule has 2 aromatic rings. The molecule has 6 nitrogen and oxygen atoms in total. The number of hydrogen-bond donors (Lipinski definition) is 1. The molecule has 0 amide bonds. The molecular formula is C17H20FN5O. The Labute approximate surface area is 140 Å². The van der Waals surface area contributed by atoms with Crippen molar-refractivity contribution in [3.05, 3.63) is 46.8 Å². The van der Waals surface area contributed by atoms with Crippen LogP contribution in [-0.4, -0.2) is 33.7 Å². The van der Waals surface area contributed by atoms with Crippen LogP contribution in [0.15, 0.2) is 18.2 Å². The molecule has 0 radical (unpaired) electrons. The first kappa shape index (κ1) is 16.6. The number of nitrogens with one attached hydrogen (secondary N) is 1. The molecule has 3 rings (SSSR count). The number of aromatic amines is 1. The van der Waals surface area contributed by atoms with Gasteiger partial charge in [0.1, 0.15) is 18.5 Å². The molecule has 0 aliphatic carbocycles. The van der Waals surface area contributed by atoms with Crippen molar-refractivity contribution in [2.24, 2.45) is 0 Å². The average molecular weight is 329 g/mol. The van der Waals surface area contributed by atoms with Gasteiger partial charge in [-0.05, 0) is 37.1 Å². The summed E-state index contributed by atoms with van der Waals surface area (Å²) in [5.74, 6) is 1.01. The largest absolute Gasteiger partial charge is 0.377 e. The maximum atomic E-state index is 13.5. The van der Waals surface area contributed by atoms with E-state index in [1.165, 1.54) is 6.07 Å². The van der Waals surface area contributed by atoms with E-state index >= 15 is 0 Å². The lowest BCUT2D eigenvalue weighted by molar-refractivity contribution is 0.133. The lowest BCUT2D eigenvalue weighted by Gasteiger charge is -2.34. The Morgan fingerprint density at radius 1 is 1.46 bits per heavy atom. The number of likely N-dealkylation sites (tertiary alicyclic amines) is 1. The number of aromatic nitrogens is 3. The van der Waals surface area contributed by atoms with Gasteiger partial charge in [-0.3, -0.25) is 10.00 Å². The Balaban J connectivity index is 1.78. The zero-order chi connectivity index (χ0) is 16.9. The standard InChI is InChI=1S/C17H20FN5O/c1-24-11-16-20-17(22-21-16)15-4-2-3-7-23(15)10-12-5-6-14(18)13(8-12)9-19/h5-6,8,15H,2-4,7,10-11H2,1H3,(H,20,21,22)/t15-/m0/s1. The van der Waals surface area contributed by atoms with Crippen LogP contribution in [0.2, 0.25) is 0 Å². The summed E-state index contributed by atoms with van der Waals surface area (Å²) < 4.78 is 18.6. The minimum Gasteiger partial charge on any atom is -0.377 e. The highest BCUT2D eigenvalue weighted by Gasteiger charge is 2.27. The third kappa shape index (κ3) is 3.61. The van der Waals surface area contributed by atoms with Crippen molar-refractivity contribution < 1.29 is 9.13 Å². The summed E-state index contributed by atoms with van der Waals surface area (Å²) in [6, 6.07) is 6.73. The summed E-state index contributed by atoms with van der Waals surface area (Å²) in [7, 11) is 1.62. The first-order chi connectivity index (χ1) is 11.7. The first-order valence-corrected chi connectivity index (χ1v) is 8.04. The van der Waals surface area contributed by atoms with Crippen LogP contribution in [0.4, 0.5) is 4.39 Å². The molecule has 1 N–H and O–H groups in total. The fraction of sp³-hybridized carbons (Fsp3) is 0.471. The molecule has 7 heteroatoms. The first-order valence-electron chi connectivity index (χ1n) is 8.04. The molecule has 1 aromatic heterocycles. The fourth-order valence-electron chi connectivity index (χ4n) is 3.12. The monoisotopic (exact) mass is 329 g/mol. The number of methoxy groups -OCH3 is 1. The summed E-state index contributed by atoms with van der Waals surface area (Å²) in [5.41, 5.74) is 1.01. The molecular weight excluding hydrogens is 309 g/mol. The van der Waals surface area contributed by atoms with Crippen LogP contribution in [-0.2, 0) is 17.9 Å². The highest BCUT2D eigenvalue weighted by Crippen LogP contribution is 2.30. The minimum atomic E-state index is -0.477. The molecule has 1 saturated heterocycles. The topological polar surface area (TPSA) is 77.8 Å². The van der Waals surface area contributed by atoms with Gasteiger partial charge in [-0.15, -0.1) is 0 Å². The van der Waals surface area contributed by atoms with Crippen molar-refractivity contribution in [2.45, 2.75) is 38.5 Å². The van der Waals surface area contributed by atoms with E-state index in [1.807, 2.05) is 6.07 Å². The van der Waals surface area contributed by atoms with Gasteiger partial charge in [-0.1, -0.05) is 12.5 Å². The number of rotatable bonds is 5. The molecule has 0 bridgehead atoms. The predicted octanol–water partition coefficient (Wildman–Crippen LogP) is 2.69. The second-order valence-electron chi connectivity index (χ2n) is 5.98. The van der Waals surface area contributed by atoms with E-state index in [-0.39, 0.29) is 11.6 Å². The zero-order valence-corrected chi connectivity index (χ0v) is 13.6. The zero-order valence-electron chi connectivity index (χ0n) is 13.6.